The van der Waals surface area contributed by atoms with Gasteiger partial charge in [-0.2, -0.15) is 0 Å². The summed E-state index contributed by atoms with van der Waals surface area (Å²) in [6.45, 7) is 4.42. The van der Waals surface area contributed by atoms with Gasteiger partial charge in [-0.05, 0) is 49.2 Å². The predicted octanol–water partition coefficient (Wildman–Crippen LogP) is 4.84. The Morgan fingerprint density at radius 3 is 2.48 bits per heavy atom. The SMILES string of the molecule is Cc1ccccc1CN(C)C(=O)c1sc(-c2ccc(F)cc2)nc1C. The van der Waals surface area contributed by atoms with E-state index in [1.54, 1.807) is 24.1 Å². The Morgan fingerprint density at radius 2 is 1.80 bits per heavy atom. The van der Waals surface area contributed by atoms with E-state index in [0.717, 1.165) is 21.7 Å². The Kier molecular flexibility index (Phi) is 4.95. The summed E-state index contributed by atoms with van der Waals surface area (Å²) >= 11 is 1.34. The van der Waals surface area contributed by atoms with Gasteiger partial charge in [0, 0.05) is 19.2 Å². The molecular weight excluding hydrogens is 335 g/mol. The fraction of sp³-hybridized carbons (Fsp3) is 0.200. The lowest BCUT2D eigenvalue weighted by atomic mass is 10.1. The fourth-order valence-electron chi connectivity index (χ4n) is 2.60. The number of amides is 1. The van der Waals surface area contributed by atoms with Crippen LogP contribution in [0, 0.1) is 19.7 Å². The number of aryl methyl sites for hydroxylation is 2. The number of rotatable bonds is 4. The van der Waals surface area contributed by atoms with Crippen LogP contribution in [0.2, 0.25) is 0 Å². The molecule has 25 heavy (non-hydrogen) atoms. The molecule has 3 nitrogen and oxygen atoms in total. The second-order valence-electron chi connectivity index (χ2n) is 6.03. The van der Waals surface area contributed by atoms with Crippen LogP contribution in [0.1, 0.15) is 26.5 Å². The zero-order chi connectivity index (χ0) is 18.0. The van der Waals surface area contributed by atoms with Crippen LogP contribution >= 0.6 is 11.3 Å². The molecule has 0 bridgehead atoms. The highest BCUT2D eigenvalue weighted by atomic mass is 32.1. The average molecular weight is 354 g/mol. The zero-order valence-electron chi connectivity index (χ0n) is 14.4. The van der Waals surface area contributed by atoms with E-state index < -0.39 is 0 Å². The molecule has 0 unspecified atom stereocenters. The van der Waals surface area contributed by atoms with E-state index in [4.69, 9.17) is 0 Å². The molecule has 0 radical (unpaired) electrons. The first kappa shape index (κ1) is 17.3. The van der Waals surface area contributed by atoms with E-state index in [1.165, 1.54) is 23.5 Å². The number of halogens is 1. The Balaban J connectivity index is 1.82. The summed E-state index contributed by atoms with van der Waals surface area (Å²) in [6, 6.07) is 14.2. The monoisotopic (exact) mass is 354 g/mol. The smallest absolute Gasteiger partial charge is 0.265 e. The van der Waals surface area contributed by atoms with Crippen LogP contribution in [0.3, 0.4) is 0 Å². The van der Waals surface area contributed by atoms with Crippen LogP contribution in [0.5, 0.6) is 0 Å². The van der Waals surface area contributed by atoms with Crippen molar-refractivity contribution in [2.45, 2.75) is 20.4 Å². The average Bonchev–Trinajstić information content (AvgIpc) is 2.98. The molecule has 0 fully saturated rings. The summed E-state index contributed by atoms with van der Waals surface area (Å²) in [6.07, 6.45) is 0. The van der Waals surface area contributed by atoms with Gasteiger partial charge in [0.2, 0.25) is 0 Å². The van der Waals surface area contributed by atoms with Gasteiger partial charge >= 0.3 is 0 Å². The molecule has 0 spiro atoms. The van der Waals surface area contributed by atoms with Crippen LogP contribution in [0.4, 0.5) is 4.39 Å². The van der Waals surface area contributed by atoms with Gasteiger partial charge in [0.25, 0.3) is 5.91 Å². The molecule has 0 atom stereocenters. The van der Waals surface area contributed by atoms with Crippen LogP contribution in [0.25, 0.3) is 10.6 Å². The van der Waals surface area contributed by atoms with E-state index in [2.05, 4.69) is 4.98 Å². The highest BCUT2D eigenvalue weighted by molar-refractivity contribution is 7.17. The van der Waals surface area contributed by atoms with E-state index in [1.807, 2.05) is 38.1 Å². The highest BCUT2D eigenvalue weighted by Gasteiger charge is 2.20. The largest absolute Gasteiger partial charge is 0.337 e. The first-order chi connectivity index (χ1) is 12.0. The van der Waals surface area contributed by atoms with Crippen LogP contribution in [-0.4, -0.2) is 22.8 Å². The van der Waals surface area contributed by atoms with Crippen molar-refractivity contribution in [2.24, 2.45) is 0 Å². The topological polar surface area (TPSA) is 33.2 Å². The minimum absolute atomic E-state index is 0.0494. The van der Waals surface area contributed by atoms with E-state index in [9.17, 15) is 9.18 Å². The predicted molar refractivity (Wildman–Crippen MR) is 99.2 cm³/mol. The molecule has 0 N–H and O–H groups in total. The number of carbonyl (C=O) groups excluding carboxylic acids is 1. The highest BCUT2D eigenvalue weighted by Crippen LogP contribution is 2.29. The summed E-state index contributed by atoms with van der Waals surface area (Å²) in [7, 11) is 1.80. The second-order valence-corrected chi connectivity index (χ2v) is 7.03. The second kappa shape index (κ2) is 7.15. The van der Waals surface area contributed by atoms with E-state index in [-0.39, 0.29) is 11.7 Å². The molecule has 3 rings (SSSR count). The number of thiazole rings is 1. The first-order valence-corrected chi connectivity index (χ1v) is 8.80. The van der Waals surface area contributed by atoms with Gasteiger partial charge < -0.3 is 4.90 Å². The number of hydrogen-bond donors (Lipinski definition) is 0. The normalized spacial score (nSPS) is 10.7. The van der Waals surface area contributed by atoms with Crippen molar-refractivity contribution in [1.29, 1.82) is 0 Å². The third-order valence-electron chi connectivity index (χ3n) is 4.10. The van der Waals surface area contributed by atoms with Crippen molar-refractivity contribution in [1.82, 2.24) is 9.88 Å². The van der Waals surface area contributed by atoms with Gasteiger partial charge in [-0.1, -0.05) is 24.3 Å². The molecule has 1 amide bonds. The maximum Gasteiger partial charge on any atom is 0.265 e. The molecule has 5 heteroatoms. The first-order valence-electron chi connectivity index (χ1n) is 7.99. The van der Waals surface area contributed by atoms with E-state index >= 15 is 0 Å². The number of hydrogen-bond acceptors (Lipinski definition) is 3. The third kappa shape index (κ3) is 3.77. The van der Waals surface area contributed by atoms with Crippen molar-refractivity contribution in [3.8, 4) is 10.6 Å². The Morgan fingerprint density at radius 1 is 1.12 bits per heavy atom. The molecule has 0 saturated carbocycles. The molecule has 0 aliphatic heterocycles. The standard InChI is InChI=1S/C20H19FN2OS/c1-13-6-4-5-7-16(13)12-23(3)20(24)18-14(2)22-19(25-18)15-8-10-17(21)11-9-15/h4-11H,12H2,1-3H3. The Labute approximate surface area is 150 Å². The van der Waals surface area contributed by atoms with Gasteiger partial charge in [-0.25, -0.2) is 9.37 Å². The molecule has 0 aliphatic rings. The maximum absolute atomic E-state index is 13.1. The van der Waals surface area contributed by atoms with Crippen molar-refractivity contribution in [2.75, 3.05) is 7.05 Å². The molecule has 128 valence electrons. The van der Waals surface area contributed by atoms with Gasteiger partial charge in [-0.15, -0.1) is 11.3 Å². The number of carbonyl (C=O) groups is 1. The Hall–Kier alpha value is -2.53. The molecule has 3 aromatic rings. The lowest BCUT2D eigenvalue weighted by molar-refractivity contribution is 0.0789. The van der Waals surface area contributed by atoms with Gasteiger partial charge in [0.05, 0.1) is 5.69 Å². The van der Waals surface area contributed by atoms with Crippen LogP contribution in [0.15, 0.2) is 48.5 Å². The minimum Gasteiger partial charge on any atom is -0.337 e. The van der Waals surface area contributed by atoms with Crippen LogP contribution in [-0.2, 0) is 6.54 Å². The fourth-order valence-corrected chi connectivity index (χ4v) is 3.67. The molecule has 1 heterocycles. The quantitative estimate of drug-likeness (QED) is 0.672. The Bertz CT molecular complexity index is 902. The maximum atomic E-state index is 13.1. The summed E-state index contributed by atoms with van der Waals surface area (Å²) in [5, 5.41) is 0.727. The van der Waals surface area contributed by atoms with Gasteiger partial charge in [0.15, 0.2) is 0 Å². The van der Waals surface area contributed by atoms with Gasteiger partial charge in [-0.3, -0.25) is 4.79 Å². The molecular formula is C20H19FN2OS. The number of benzene rings is 2. The minimum atomic E-state index is -0.286. The van der Waals surface area contributed by atoms with Crippen molar-refractivity contribution in [3.05, 3.63) is 76.0 Å². The molecule has 2 aromatic carbocycles. The van der Waals surface area contributed by atoms with Crippen molar-refractivity contribution < 1.29 is 9.18 Å². The summed E-state index contributed by atoms with van der Waals surface area (Å²) < 4.78 is 13.1. The summed E-state index contributed by atoms with van der Waals surface area (Å²) in [5.41, 5.74) is 3.80. The number of aromatic nitrogens is 1. The number of nitrogens with zero attached hydrogens (tertiary/aromatic N) is 2. The van der Waals surface area contributed by atoms with Crippen molar-refractivity contribution in [3.63, 3.8) is 0 Å². The van der Waals surface area contributed by atoms with E-state index in [0.29, 0.717) is 17.1 Å². The molecule has 0 aliphatic carbocycles. The zero-order valence-corrected chi connectivity index (χ0v) is 15.2. The van der Waals surface area contributed by atoms with Gasteiger partial charge in [0.1, 0.15) is 15.7 Å². The third-order valence-corrected chi connectivity index (χ3v) is 5.29. The van der Waals surface area contributed by atoms with Crippen LogP contribution < -0.4 is 0 Å². The summed E-state index contributed by atoms with van der Waals surface area (Å²) in [4.78, 5) is 19.6. The van der Waals surface area contributed by atoms with Crippen molar-refractivity contribution >= 4 is 17.2 Å². The molecule has 1 aromatic heterocycles. The lowest BCUT2D eigenvalue weighted by Crippen LogP contribution is -2.26. The lowest BCUT2D eigenvalue weighted by Gasteiger charge is -2.18. The molecule has 0 saturated heterocycles. The summed E-state index contributed by atoms with van der Waals surface area (Å²) in [5.74, 6) is -0.335.